The molecule has 140 valence electrons. The molecule has 27 heavy (non-hydrogen) atoms. The molecule has 0 aliphatic rings. The molecular weight excluding hydrogens is 362 g/mol. The highest BCUT2D eigenvalue weighted by molar-refractivity contribution is 5.95. The predicted octanol–water partition coefficient (Wildman–Crippen LogP) is 4.00. The van der Waals surface area contributed by atoms with Gasteiger partial charge in [-0.05, 0) is 30.2 Å². The maximum Gasteiger partial charge on any atom is 0.434 e. The fourth-order valence-corrected chi connectivity index (χ4v) is 2.66. The number of carbonyl (C=O) groups is 1. The standard InChI is InChI=1S/C19H15F4N3O/c20-16-9-5-4-6-13(16)10-11-24-18(27)15-12-25-26(17(15)19(21,22)23)14-7-2-1-3-8-14/h1-9,12H,10-11H2,(H,24,27). The van der Waals surface area contributed by atoms with Crippen molar-refractivity contribution in [1.82, 2.24) is 15.1 Å². The molecule has 2 aromatic carbocycles. The third-order valence-corrected chi connectivity index (χ3v) is 3.92. The van der Waals surface area contributed by atoms with Gasteiger partial charge in [-0.1, -0.05) is 36.4 Å². The lowest BCUT2D eigenvalue weighted by atomic mass is 10.1. The summed E-state index contributed by atoms with van der Waals surface area (Å²) >= 11 is 0. The average Bonchev–Trinajstić information content (AvgIpc) is 3.10. The van der Waals surface area contributed by atoms with E-state index in [2.05, 4.69) is 10.4 Å². The van der Waals surface area contributed by atoms with Gasteiger partial charge in [0, 0.05) is 6.54 Å². The number of hydrogen-bond acceptors (Lipinski definition) is 2. The first-order valence-corrected chi connectivity index (χ1v) is 8.10. The average molecular weight is 377 g/mol. The summed E-state index contributed by atoms with van der Waals surface area (Å²) in [7, 11) is 0. The van der Waals surface area contributed by atoms with E-state index in [0.29, 0.717) is 10.2 Å². The van der Waals surface area contributed by atoms with Crippen LogP contribution >= 0.6 is 0 Å². The molecule has 0 unspecified atom stereocenters. The lowest BCUT2D eigenvalue weighted by Gasteiger charge is -2.13. The first-order chi connectivity index (χ1) is 12.9. The zero-order valence-electron chi connectivity index (χ0n) is 14.0. The number of alkyl halides is 3. The minimum absolute atomic E-state index is 0.00637. The molecule has 1 N–H and O–H groups in total. The van der Waals surface area contributed by atoms with Gasteiger partial charge in [-0.15, -0.1) is 0 Å². The molecule has 1 aromatic heterocycles. The fourth-order valence-electron chi connectivity index (χ4n) is 2.66. The van der Waals surface area contributed by atoms with Crippen molar-refractivity contribution in [3.05, 3.63) is 83.4 Å². The number of hydrogen-bond donors (Lipinski definition) is 1. The monoisotopic (exact) mass is 377 g/mol. The quantitative estimate of drug-likeness (QED) is 0.683. The summed E-state index contributed by atoms with van der Waals surface area (Å²) in [5.74, 6) is -1.35. The molecule has 0 aliphatic carbocycles. The van der Waals surface area contributed by atoms with E-state index in [1.807, 2.05) is 0 Å². The number of benzene rings is 2. The van der Waals surface area contributed by atoms with E-state index >= 15 is 0 Å². The van der Waals surface area contributed by atoms with Crippen LogP contribution in [-0.2, 0) is 12.6 Å². The van der Waals surface area contributed by atoms with Crippen LogP contribution < -0.4 is 5.32 Å². The normalized spacial score (nSPS) is 11.4. The van der Waals surface area contributed by atoms with Gasteiger partial charge in [-0.2, -0.15) is 18.3 Å². The summed E-state index contributed by atoms with van der Waals surface area (Å²) in [6.45, 7) is -0.00637. The second-order valence-electron chi connectivity index (χ2n) is 5.75. The molecule has 0 spiro atoms. The highest BCUT2D eigenvalue weighted by Gasteiger charge is 2.40. The smallest absolute Gasteiger partial charge is 0.352 e. The lowest BCUT2D eigenvalue weighted by molar-refractivity contribution is -0.143. The Kier molecular flexibility index (Phi) is 5.25. The molecule has 1 amide bonds. The summed E-state index contributed by atoms with van der Waals surface area (Å²) < 4.78 is 54.9. The van der Waals surface area contributed by atoms with Crippen molar-refractivity contribution in [2.75, 3.05) is 6.54 Å². The summed E-state index contributed by atoms with van der Waals surface area (Å²) in [4.78, 5) is 12.3. The molecule has 3 rings (SSSR count). The number of nitrogens with zero attached hydrogens (tertiary/aromatic N) is 2. The van der Waals surface area contributed by atoms with Crippen LogP contribution in [0.3, 0.4) is 0 Å². The largest absolute Gasteiger partial charge is 0.434 e. The van der Waals surface area contributed by atoms with Crippen LogP contribution in [0.1, 0.15) is 21.6 Å². The van der Waals surface area contributed by atoms with E-state index < -0.39 is 29.2 Å². The molecule has 0 radical (unpaired) electrons. The topological polar surface area (TPSA) is 46.9 Å². The Balaban J connectivity index is 1.81. The van der Waals surface area contributed by atoms with Crippen molar-refractivity contribution in [2.24, 2.45) is 0 Å². The molecule has 1 heterocycles. The number of nitrogens with one attached hydrogen (secondary N) is 1. The molecule has 0 atom stereocenters. The van der Waals surface area contributed by atoms with Gasteiger partial charge in [-0.3, -0.25) is 4.79 Å². The van der Waals surface area contributed by atoms with Crippen molar-refractivity contribution >= 4 is 5.91 Å². The van der Waals surface area contributed by atoms with E-state index in [4.69, 9.17) is 0 Å². The minimum atomic E-state index is -4.77. The SMILES string of the molecule is O=C(NCCc1ccccc1F)c1cnn(-c2ccccc2)c1C(F)(F)F. The van der Waals surface area contributed by atoms with Gasteiger partial charge in [0.25, 0.3) is 5.91 Å². The highest BCUT2D eigenvalue weighted by atomic mass is 19.4. The van der Waals surface area contributed by atoms with Gasteiger partial charge in [0.2, 0.25) is 0 Å². The third-order valence-electron chi connectivity index (χ3n) is 3.92. The number of carbonyl (C=O) groups excluding carboxylic acids is 1. The van der Waals surface area contributed by atoms with E-state index in [9.17, 15) is 22.4 Å². The van der Waals surface area contributed by atoms with Crippen molar-refractivity contribution in [2.45, 2.75) is 12.6 Å². The summed E-state index contributed by atoms with van der Waals surface area (Å²) in [5, 5.41) is 6.12. The van der Waals surface area contributed by atoms with Crippen LogP contribution in [0.15, 0.2) is 60.8 Å². The zero-order valence-corrected chi connectivity index (χ0v) is 14.0. The van der Waals surface area contributed by atoms with Crippen molar-refractivity contribution in [1.29, 1.82) is 0 Å². The Morgan fingerprint density at radius 1 is 1.04 bits per heavy atom. The Hall–Kier alpha value is -3.16. The second-order valence-corrected chi connectivity index (χ2v) is 5.75. The van der Waals surface area contributed by atoms with Gasteiger partial charge in [0.1, 0.15) is 5.82 Å². The Morgan fingerprint density at radius 2 is 1.70 bits per heavy atom. The van der Waals surface area contributed by atoms with E-state index in [1.165, 1.54) is 24.3 Å². The van der Waals surface area contributed by atoms with Crippen molar-refractivity contribution in [3.63, 3.8) is 0 Å². The van der Waals surface area contributed by atoms with Crippen LogP contribution in [0, 0.1) is 5.82 Å². The van der Waals surface area contributed by atoms with E-state index in [0.717, 1.165) is 6.20 Å². The summed E-state index contributed by atoms with van der Waals surface area (Å²) in [5.41, 5.74) is -1.18. The van der Waals surface area contributed by atoms with Crippen molar-refractivity contribution in [3.8, 4) is 5.69 Å². The molecule has 0 bridgehead atoms. The van der Waals surface area contributed by atoms with Gasteiger partial charge in [0.05, 0.1) is 17.4 Å². The molecule has 8 heteroatoms. The molecule has 0 saturated heterocycles. The molecule has 3 aromatic rings. The van der Waals surface area contributed by atoms with Gasteiger partial charge >= 0.3 is 6.18 Å². The van der Waals surface area contributed by atoms with E-state index in [1.54, 1.807) is 30.3 Å². The van der Waals surface area contributed by atoms with Crippen molar-refractivity contribution < 1.29 is 22.4 Å². The predicted molar refractivity (Wildman–Crippen MR) is 91.0 cm³/mol. The number of rotatable bonds is 5. The van der Waals surface area contributed by atoms with Gasteiger partial charge in [-0.25, -0.2) is 9.07 Å². The molecular formula is C19H15F4N3O. The van der Waals surface area contributed by atoms with Gasteiger partial charge < -0.3 is 5.32 Å². The maximum atomic E-state index is 13.6. The fraction of sp³-hybridized carbons (Fsp3) is 0.158. The molecule has 4 nitrogen and oxygen atoms in total. The van der Waals surface area contributed by atoms with Crippen LogP contribution in [0.2, 0.25) is 0 Å². The molecule has 0 fully saturated rings. The van der Waals surface area contributed by atoms with Gasteiger partial charge in [0.15, 0.2) is 5.69 Å². The van der Waals surface area contributed by atoms with Crippen LogP contribution in [-0.4, -0.2) is 22.2 Å². The molecule has 0 saturated carbocycles. The maximum absolute atomic E-state index is 13.6. The van der Waals surface area contributed by atoms with E-state index in [-0.39, 0.29) is 18.7 Å². The first-order valence-electron chi connectivity index (χ1n) is 8.10. The molecule has 0 aliphatic heterocycles. The Labute approximate surface area is 152 Å². The summed E-state index contributed by atoms with van der Waals surface area (Å²) in [6, 6.07) is 13.7. The Morgan fingerprint density at radius 3 is 2.37 bits per heavy atom. The first kappa shape index (κ1) is 18.6. The number of para-hydroxylation sites is 1. The number of halogens is 4. The van der Waals surface area contributed by atoms with Crippen LogP contribution in [0.4, 0.5) is 17.6 Å². The zero-order chi connectivity index (χ0) is 19.4. The Bertz CT molecular complexity index is 936. The van der Waals surface area contributed by atoms with Crippen LogP contribution in [0.25, 0.3) is 5.69 Å². The minimum Gasteiger partial charge on any atom is -0.352 e. The number of aromatic nitrogens is 2. The highest BCUT2D eigenvalue weighted by Crippen LogP contribution is 2.33. The van der Waals surface area contributed by atoms with Crippen LogP contribution in [0.5, 0.6) is 0 Å². The second kappa shape index (κ2) is 7.61. The third kappa shape index (κ3) is 4.16. The lowest BCUT2D eigenvalue weighted by Crippen LogP contribution is -2.28. The number of amides is 1. The summed E-state index contributed by atoms with van der Waals surface area (Å²) in [6.07, 6.45) is -3.73.